The minimum absolute atomic E-state index is 0.338. The van der Waals surface area contributed by atoms with Crippen molar-refractivity contribution >= 4 is 0 Å². The first-order valence-electron chi connectivity index (χ1n) is 5.91. The molecule has 0 radical (unpaired) electrons. The number of rotatable bonds is 2. The molecule has 2 rings (SSSR count). The van der Waals surface area contributed by atoms with Crippen LogP contribution in [0.15, 0.2) is 18.3 Å². The number of pyridine rings is 1. The summed E-state index contributed by atoms with van der Waals surface area (Å²) in [6, 6.07) is 4.43. The molecule has 15 heavy (non-hydrogen) atoms. The van der Waals surface area contributed by atoms with E-state index in [0.717, 1.165) is 19.5 Å². The molecular weight excluding hydrogens is 184 g/mol. The molecule has 0 saturated carbocycles. The molecule has 0 amide bonds. The van der Waals surface area contributed by atoms with E-state index in [1.807, 2.05) is 0 Å². The molecule has 0 aromatic carbocycles. The maximum absolute atomic E-state index is 4.50. The van der Waals surface area contributed by atoms with Gasteiger partial charge in [0, 0.05) is 11.9 Å². The van der Waals surface area contributed by atoms with Gasteiger partial charge in [0.15, 0.2) is 0 Å². The van der Waals surface area contributed by atoms with Crippen molar-refractivity contribution < 1.29 is 0 Å². The number of aromatic nitrogens is 1. The van der Waals surface area contributed by atoms with E-state index in [1.54, 1.807) is 0 Å². The highest BCUT2D eigenvalue weighted by atomic mass is 14.9. The van der Waals surface area contributed by atoms with E-state index in [9.17, 15) is 0 Å². The number of hydrogen-bond donors (Lipinski definition) is 1. The van der Waals surface area contributed by atoms with E-state index in [2.05, 4.69) is 42.5 Å². The zero-order valence-corrected chi connectivity index (χ0v) is 9.71. The summed E-state index contributed by atoms with van der Waals surface area (Å²) in [6.07, 6.45) is 5.54. The Morgan fingerprint density at radius 1 is 1.33 bits per heavy atom. The van der Waals surface area contributed by atoms with Gasteiger partial charge in [-0.05, 0) is 49.4 Å². The smallest absolute Gasteiger partial charge is 0.0401 e. The molecular formula is C13H20N2. The summed E-state index contributed by atoms with van der Waals surface area (Å²) in [5.41, 5.74) is 2.93. The summed E-state index contributed by atoms with van der Waals surface area (Å²) in [7, 11) is 0. The number of hydrogen-bond acceptors (Lipinski definition) is 2. The van der Waals surface area contributed by atoms with Gasteiger partial charge in [0.1, 0.15) is 0 Å². The Bertz CT molecular complexity index is 310. The molecule has 0 atom stereocenters. The largest absolute Gasteiger partial charge is 0.317 e. The van der Waals surface area contributed by atoms with Gasteiger partial charge in [-0.2, -0.15) is 0 Å². The van der Waals surface area contributed by atoms with Crippen LogP contribution in [-0.2, 0) is 11.8 Å². The van der Waals surface area contributed by atoms with E-state index < -0.39 is 0 Å². The zero-order valence-electron chi connectivity index (χ0n) is 9.71. The summed E-state index contributed by atoms with van der Waals surface area (Å²) in [6.45, 7) is 6.77. The highest BCUT2D eigenvalue weighted by Gasteiger charge is 2.28. The zero-order chi connectivity index (χ0) is 10.7. The summed E-state index contributed by atoms with van der Waals surface area (Å²) >= 11 is 0. The van der Waals surface area contributed by atoms with Crippen molar-refractivity contribution in [3.05, 3.63) is 29.6 Å². The first-order valence-corrected chi connectivity index (χ1v) is 5.91. The molecule has 1 aliphatic heterocycles. The third kappa shape index (κ3) is 2.20. The Labute approximate surface area is 92.1 Å². The second kappa shape index (κ2) is 4.31. The molecule has 1 aromatic heterocycles. The molecule has 1 fully saturated rings. The van der Waals surface area contributed by atoms with Crippen LogP contribution in [0.3, 0.4) is 0 Å². The normalized spacial score (nSPS) is 20.1. The summed E-state index contributed by atoms with van der Waals surface area (Å²) in [4.78, 5) is 4.50. The minimum Gasteiger partial charge on any atom is -0.317 e. The van der Waals surface area contributed by atoms with E-state index in [0.29, 0.717) is 5.41 Å². The Kier molecular flexibility index (Phi) is 3.06. The minimum atomic E-state index is 0.338. The van der Waals surface area contributed by atoms with Crippen LogP contribution in [0.5, 0.6) is 0 Å². The van der Waals surface area contributed by atoms with Gasteiger partial charge in [0.25, 0.3) is 0 Å². The quantitative estimate of drug-likeness (QED) is 0.799. The van der Waals surface area contributed by atoms with Crippen LogP contribution in [0.2, 0.25) is 0 Å². The van der Waals surface area contributed by atoms with Gasteiger partial charge >= 0.3 is 0 Å². The highest BCUT2D eigenvalue weighted by Crippen LogP contribution is 2.32. The van der Waals surface area contributed by atoms with Crippen LogP contribution >= 0.6 is 0 Å². The van der Waals surface area contributed by atoms with Crippen molar-refractivity contribution in [2.45, 2.75) is 38.5 Å². The first kappa shape index (κ1) is 10.6. The van der Waals surface area contributed by atoms with Gasteiger partial charge in [-0.25, -0.2) is 0 Å². The summed E-state index contributed by atoms with van der Waals surface area (Å²) in [5.74, 6) is 0. The monoisotopic (exact) mass is 204 g/mol. The molecule has 1 N–H and O–H groups in total. The van der Waals surface area contributed by atoms with Gasteiger partial charge in [0.05, 0.1) is 0 Å². The number of nitrogens with one attached hydrogen (secondary N) is 1. The number of aryl methyl sites for hydroxylation is 1. The lowest BCUT2D eigenvalue weighted by Crippen LogP contribution is -2.37. The van der Waals surface area contributed by atoms with Crippen LogP contribution in [-0.4, -0.2) is 18.1 Å². The molecule has 2 nitrogen and oxygen atoms in total. The highest BCUT2D eigenvalue weighted by molar-refractivity contribution is 5.24. The lowest BCUT2D eigenvalue weighted by molar-refractivity contribution is 0.334. The van der Waals surface area contributed by atoms with Crippen molar-refractivity contribution in [1.82, 2.24) is 10.3 Å². The lowest BCUT2D eigenvalue weighted by Gasteiger charge is -2.34. The standard InChI is InChI=1S/C13H20N2/c1-3-12-5-4-11(10-15-12)13(2)6-8-14-9-7-13/h4-5,10,14H,3,6-9H2,1-2H3. The molecule has 2 heterocycles. The third-order valence-corrected chi connectivity index (χ3v) is 3.59. The van der Waals surface area contributed by atoms with Crippen molar-refractivity contribution in [3.8, 4) is 0 Å². The maximum Gasteiger partial charge on any atom is 0.0401 e. The second-order valence-electron chi connectivity index (χ2n) is 4.70. The summed E-state index contributed by atoms with van der Waals surface area (Å²) in [5, 5.41) is 3.41. The van der Waals surface area contributed by atoms with Crippen molar-refractivity contribution in [3.63, 3.8) is 0 Å². The number of piperidine rings is 1. The van der Waals surface area contributed by atoms with Crippen LogP contribution in [0, 0.1) is 0 Å². The first-order chi connectivity index (χ1) is 7.24. The average molecular weight is 204 g/mol. The van der Waals surface area contributed by atoms with Gasteiger partial charge in [-0.15, -0.1) is 0 Å². The topological polar surface area (TPSA) is 24.9 Å². The second-order valence-corrected chi connectivity index (χ2v) is 4.70. The SMILES string of the molecule is CCc1ccc(C2(C)CCNCC2)cn1. The van der Waals surface area contributed by atoms with Crippen LogP contribution in [0.1, 0.15) is 37.9 Å². The van der Waals surface area contributed by atoms with E-state index in [4.69, 9.17) is 0 Å². The maximum atomic E-state index is 4.50. The number of nitrogens with zero attached hydrogens (tertiary/aromatic N) is 1. The molecule has 1 saturated heterocycles. The predicted molar refractivity (Wildman–Crippen MR) is 63.1 cm³/mol. The van der Waals surface area contributed by atoms with Crippen molar-refractivity contribution in [2.24, 2.45) is 0 Å². The fourth-order valence-electron chi connectivity index (χ4n) is 2.26. The van der Waals surface area contributed by atoms with Gasteiger partial charge < -0.3 is 5.32 Å². The average Bonchev–Trinajstić information content (AvgIpc) is 2.30. The molecule has 0 aliphatic carbocycles. The van der Waals surface area contributed by atoms with Gasteiger partial charge in [0.2, 0.25) is 0 Å². The molecule has 0 spiro atoms. The summed E-state index contributed by atoms with van der Waals surface area (Å²) < 4.78 is 0. The van der Waals surface area contributed by atoms with Crippen molar-refractivity contribution in [2.75, 3.05) is 13.1 Å². The lowest BCUT2D eigenvalue weighted by atomic mass is 9.76. The fraction of sp³-hybridized carbons (Fsp3) is 0.615. The predicted octanol–water partition coefficient (Wildman–Crippen LogP) is 2.29. The Morgan fingerprint density at radius 3 is 2.60 bits per heavy atom. The molecule has 2 heteroatoms. The Balaban J connectivity index is 2.20. The Morgan fingerprint density at radius 2 is 2.07 bits per heavy atom. The van der Waals surface area contributed by atoms with Gasteiger partial charge in [-0.3, -0.25) is 4.98 Å². The third-order valence-electron chi connectivity index (χ3n) is 3.59. The van der Waals surface area contributed by atoms with Crippen LogP contribution in [0.4, 0.5) is 0 Å². The molecule has 1 aliphatic rings. The van der Waals surface area contributed by atoms with E-state index in [1.165, 1.54) is 24.1 Å². The molecule has 82 valence electrons. The van der Waals surface area contributed by atoms with Gasteiger partial charge in [-0.1, -0.05) is 19.9 Å². The Hall–Kier alpha value is -0.890. The van der Waals surface area contributed by atoms with E-state index >= 15 is 0 Å². The van der Waals surface area contributed by atoms with Crippen LogP contribution in [0.25, 0.3) is 0 Å². The van der Waals surface area contributed by atoms with E-state index in [-0.39, 0.29) is 0 Å². The molecule has 0 unspecified atom stereocenters. The van der Waals surface area contributed by atoms with Crippen molar-refractivity contribution in [1.29, 1.82) is 0 Å². The van der Waals surface area contributed by atoms with Crippen LogP contribution < -0.4 is 5.32 Å². The fourth-order valence-corrected chi connectivity index (χ4v) is 2.26. The molecule has 1 aromatic rings. The molecule has 0 bridgehead atoms.